The van der Waals surface area contributed by atoms with E-state index in [-0.39, 0.29) is 5.91 Å². The molecule has 1 unspecified atom stereocenters. The largest absolute Gasteiger partial charge is 0.382 e. The van der Waals surface area contributed by atoms with E-state index in [0.717, 1.165) is 24.2 Å². The first-order valence-corrected chi connectivity index (χ1v) is 10.2. The second-order valence-corrected chi connectivity index (χ2v) is 7.66. The highest BCUT2D eigenvalue weighted by Gasteiger charge is 2.29. The standard InChI is InChI=1S/C22H24ClN3O2/c23-19-7-3-2-6-18(19)20-14-21(28-25-20)22(27)24-15-16-8-10-17(11-9-16)26-12-4-1-5-13-26/h2-3,6-11,21H,1,4-5,12-15H2,(H,24,27). The number of hydrogen-bond acceptors (Lipinski definition) is 4. The molecule has 2 aliphatic rings. The Kier molecular flexibility index (Phi) is 5.81. The van der Waals surface area contributed by atoms with Crippen LogP contribution in [0, 0.1) is 0 Å². The number of rotatable bonds is 5. The summed E-state index contributed by atoms with van der Waals surface area (Å²) in [5, 5.41) is 7.61. The molecule has 28 heavy (non-hydrogen) atoms. The summed E-state index contributed by atoms with van der Waals surface area (Å²) >= 11 is 6.20. The first kappa shape index (κ1) is 18.8. The molecule has 5 nitrogen and oxygen atoms in total. The van der Waals surface area contributed by atoms with Gasteiger partial charge in [0.05, 0.1) is 5.71 Å². The van der Waals surface area contributed by atoms with E-state index in [1.54, 1.807) is 6.07 Å². The molecule has 146 valence electrons. The smallest absolute Gasteiger partial charge is 0.264 e. The molecule has 6 heteroatoms. The lowest BCUT2D eigenvalue weighted by Gasteiger charge is -2.28. The lowest BCUT2D eigenvalue weighted by Crippen LogP contribution is -2.34. The van der Waals surface area contributed by atoms with Crippen molar-refractivity contribution in [1.82, 2.24) is 5.32 Å². The zero-order valence-corrected chi connectivity index (χ0v) is 16.5. The van der Waals surface area contributed by atoms with Crippen molar-refractivity contribution in [2.75, 3.05) is 18.0 Å². The average Bonchev–Trinajstić information content (AvgIpc) is 3.23. The van der Waals surface area contributed by atoms with Crippen LogP contribution in [0.2, 0.25) is 5.02 Å². The molecule has 0 radical (unpaired) electrons. The zero-order valence-electron chi connectivity index (χ0n) is 15.7. The zero-order chi connectivity index (χ0) is 19.3. The normalized spacial score (nSPS) is 19.1. The Labute approximate surface area is 170 Å². The number of anilines is 1. The van der Waals surface area contributed by atoms with Crippen LogP contribution in [0.4, 0.5) is 5.69 Å². The van der Waals surface area contributed by atoms with Crippen LogP contribution >= 0.6 is 11.6 Å². The van der Waals surface area contributed by atoms with Gasteiger partial charge in [-0.3, -0.25) is 4.79 Å². The van der Waals surface area contributed by atoms with Gasteiger partial charge >= 0.3 is 0 Å². The van der Waals surface area contributed by atoms with Crippen LogP contribution in [0.3, 0.4) is 0 Å². The summed E-state index contributed by atoms with van der Waals surface area (Å²) in [4.78, 5) is 20.2. The van der Waals surface area contributed by atoms with Gasteiger partial charge in [0, 0.05) is 42.3 Å². The fourth-order valence-corrected chi connectivity index (χ4v) is 3.90. The number of amides is 1. The van der Waals surface area contributed by atoms with Crippen LogP contribution in [0.1, 0.15) is 36.8 Å². The van der Waals surface area contributed by atoms with Gasteiger partial charge < -0.3 is 15.1 Å². The molecule has 0 bridgehead atoms. The highest BCUT2D eigenvalue weighted by Crippen LogP contribution is 2.23. The van der Waals surface area contributed by atoms with Crippen LogP contribution < -0.4 is 10.2 Å². The molecule has 0 aliphatic carbocycles. The van der Waals surface area contributed by atoms with Crippen molar-refractivity contribution < 1.29 is 9.63 Å². The van der Waals surface area contributed by atoms with Crippen LogP contribution in [-0.4, -0.2) is 30.8 Å². The van der Waals surface area contributed by atoms with Gasteiger partial charge in [-0.25, -0.2) is 0 Å². The van der Waals surface area contributed by atoms with Crippen molar-refractivity contribution in [2.24, 2.45) is 5.16 Å². The third-order valence-corrected chi connectivity index (χ3v) is 5.60. The van der Waals surface area contributed by atoms with Crippen LogP contribution in [0.15, 0.2) is 53.7 Å². The number of halogens is 1. The Hall–Kier alpha value is -2.53. The second-order valence-electron chi connectivity index (χ2n) is 7.25. The number of oxime groups is 1. The SMILES string of the molecule is O=C(NCc1ccc(N2CCCCC2)cc1)C1CC(c2ccccc2Cl)=NO1. The molecule has 4 rings (SSSR count). The molecule has 0 saturated carbocycles. The molecule has 1 amide bonds. The van der Waals surface area contributed by atoms with E-state index < -0.39 is 6.10 Å². The fraction of sp³-hybridized carbons (Fsp3) is 0.364. The predicted octanol–water partition coefficient (Wildman–Crippen LogP) is 4.14. The Balaban J connectivity index is 1.28. The highest BCUT2D eigenvalue weighted by molar-refractivity contribution is 6.34. The van der Waals surface area contributed by atoms with Crippen molar-refractivity contribution in [3.05, 3.63) is 64.7 Å². The van der Waals surface area contributed by atoms with Gasteiger partial charge in [-0.05, 0) is 43.0 Å². The van der Waals surface area contributed by atoms with E-state index in [4.69, 9.17) is 16.4 Å². The molecule has 2 heterocycles. The molecule has 0 aromatic heterocycles. The number of hydrogen-bond donors (Lipinski definition) is 1. The van der Waals surface area contributed by atoms with E-state index in [1.807, 2.05) is 18.2 Å². The summed E-state index contributed by atoms with van der Waals surface area (Å²) in [6, 6.07) is 15.9. The Morgan fingerprint density at radius 3 is 2.61 bits per heavy atom. The molecule has 1 saturated heterocycles. The van der Waals surface area contributed by atoms with E-state index in [9.17, 15) is 4.79 Å². The molecule has 2 aromatic rings. The van der Waals surface area contributed by atoms with Gasteiger partial charge in [0.25, 0.3) is 5.91 Å². The Morgan fingerprint density at radius 2 is 1.86 bits per heavy atom. The minimum absolute atomic E-state index is 0.161. The van der Waals surface area contributed by atoms with Gasteiger partial charge in [-0.15, -0.1) is 0 Å². The van der Waals surface area contributed by atoms with Crippen molar-refractivity contribution >= 4 is 28.9 Å². The Bertz CT molecular complexity index is 860. The van der Waals surface area contributed by atoms with Crippen molar-refractivity contribution in [3.8, 4) is 0 Å². The number of benzene rings is 2. The van der Waals surface area contributed by atoms with Gasteiger partial charge in [0.1, 0.15) is 0 Å². The van der Waals surface area contributed by atoms with E-state index in [1.165, 1.54) is 24.9 Å². The summed E-state index contributed by atoms with van der Waals surface area (Å²) in [6.07, 6.45) is 3.66. The quantitative estimate of drug-likeness (QED) is 0.824. The second kappa shape index (κ2) is 8.65. The minimum atomic E-state index is -0.612. The lowest BCUT2D eigenvalue weighted by molar-refractivity contribution is -0.131. The summed E-state index contributed by atoms with van der Waals surface area (Å²) in [5.74, 6) is -0.161. The average molecular weight is 398 g/mol. The van der Waals surface area contributed by atoms with Gasteiger partial charge in [-0.2, -0.15) is 0 Å². The summed E-state index contributed by atoms with van der Waals surface area (Å²) in [7, 11) is 0. The third kappa shape index (κ3) is 4.30. The first-order valence-electron chi connectivity index (χ1n) is 9.80. The number of nitrogens with zero attached hydrogens (tertiary/aromatic N) is 2. The topological polar surface area (TPSA) is 53.9 Å². The van der Waals surface area contributed by atoms with Gasteiger partial charge in [0.2, 0.25) is 6.10 Å². The van der Waals surface area contributed by atoms with Gasteiger partial charge in [0.15, 0.2) is 0 Å². The monoisotopic (exact) mass is 397 g/mol. The molecule has 2 aromatic carbocycles. The number of carbonyl (C=O) groups excluding carboxylic acids is 1. The summed E-state index contributed by atoms with van der Waals surface area (Å²) in [5.41, 5.74) is 3.84. The lowest BCUT2D eigenvalue weighted by atomic mass is 10.0. The maximum Gasteiger partial charge on any atom is 0.264 e. The van der Waals surface area contributed by atoms with Gasteiger partial charge in [-0.1, -0.05) is 47.1 Å². The molecule has 1 N–H and O–H groups in total. The number of nitrogens with one attached hydrogen (secondary N) is 1. The van der Waals surface area contributed by atoms with E-state index in [0.29, 0.717) is 23.7 Å². The molecule has 1 fully saturated rings. The van der Waals surface area contributed by atoms with E-state index >= 15 is 0 Å². The molecular weight excluding hydrogens is 374 g/mol. The highest BCUT2D eigenvalue weighted by atomic mass is 35.5. The van der Waals surface area contributed by atoms with Crippen molar-refractivity contribution in [1.29, 1.82) is 0 Å². The van der Waals surface area contributed by atoms with Crippen molar-refractivity contribution in [2.45, 2.75) is 38.3 Å². The third-order valence-electron chi connectivity index (χ3n) is 5.27. The fourth-order valence-electron chi connectivity index (χ4n) is 3.65. The maximum atomic E-state index is 12.4. The maximum absolute atomic E-state index is 12.4. The molecule has 0 spiro atoms. The van der Waals surface area contributed by atoms with Crippen LogP contribution in [-0.2, 0) is 16.2 Å². The van der Waals surface area contributed by atoms with Crippen molar-refractivity contribution in [3.63, 3.8) is 0 Å². The summed E-state index contributed by atoms with van der Waals surface area (Å²) in [6.45, 7) is 2.73. The van der Waals surface area contributed by atoms with E-state index in [2.05, 4.69) is 39.6 Å². The van der Waals surface area contributed by atoms with Crippen LogP contribution in [0.25, 0.3) is 0 Å². The molecule has 2 aliphatic heterocycles. The molecular formula is C22H24ClN3O2. The number of piperidine rings is 1. The summed E-state index contributed by atoms with van der Waals surface area (Å²) < 4.78 is 0. The first-order chi connectivity index (χ1) is 13.7. The Morgan fingerprint density at radius 1 is 1.11 bits per heavy atom. The van der Waals surface area contributed by atoms with Crippen LogP contribution in [0.5, 0.6) is 0 Å². The molecule has 1 atom stereocenters. The number of carbonyl (C=O) groups is 1. The minimum Gasteiger partial charge on any atom is -0.382 e. The predicted molar refractivity (Wildman–Crippen MR) is 112 cm³/mol.